The number of nitrogens with one attached hydrogen (secondary N) is 1. The van der Waals surface area contributed by atoms with Gasteiger partial charge in [0.1, 0.15) is 5.82 Å². The van der Waals surface area contributed by atoms with Gasteiger partial charge in [0.2, 0.25) is 0 Å². The third-order valence-electron chi connectivity index (χ3n) is 3.46. The minimum atomic E-state index is -0.554. The Balaban J connectivity index is 2.10. The predicted molar refractivity (Wildman–Crippen MR) is 64.6 cm³/mol. The smallest absolute Gasteiger partial charge is 0.253 e. The fraction of sp³-hybridized carbons (Fsp3) is 0.538. The molecule has 5 heteroatoms. The summed E-state index contributed by atoms with van der Waals surface area (Å²) in [4.78, 5) is 15.6. The summed E-state index contributed by atoms with van der Waals surface area (Å²) < 4.78 is 13.0. The Morgan fingerprint density at radius 3 is 2.72 bits per heavy atom. The van der Waals surface area contributed by atoms with Crippen LogP contribution in [0.15, 0.2) is 18.5 Å². The van der Waals surface area contributed by atoms with Gasteiger partial charge in [0.25, 0.3) is 5.91 Å². The average molecular weight is 252 g/mol. The summed E-state index contributed by atoms with van der Waals surface area (Å²) in [5.41, 5.74) is -0.366. The van der Waals surface area contributed by atoms with Crippen LogP contribution >= 0.6 is 0 Å². The second kappa shape index (κ2) is 5.44. The maximum absolute atomic E-state index is 13.0. The molecule has 1 heterocycles. The van der Waals surface area contributed by atoms with E-state index in [0.29, 0.717) is 0 Å². The van der Waals surface area contributed by atoms with Crippen molar-refractivity contribution in [3.8, 4) is 0 Å². The molecule has 98 valence electrons. The van der Waals surface area contributed by atoms with Crippen LogP contribution < -0.4 is 5.32 Å². The van der Waals surface area contributed by atoms with E-state index < -0.39 is 11.4 Å². The van der Waals surface area contributed by atoms with Crippen LogP contribution in [0.25, 0.3) is 0 Å². The molecular formula is C13H17FN2O2. The largest absolute Gasteiger partial charge is 0.394 e. The van der Waals surface area contributed by atoms with Crippen LogP contribution in [-0.4, -0.2) is 28.1 Å². The molecule has 0 unspecified atom stereocenters. The molecule has 0 aliphatic heterocycles. The average Bonchev–Trinajstić information content (AvgIpc) is 2.40. The normalized spacial score (nSPS) is 18.3. The SMILES string of the molecule is O=C(NC1(CO)CCCCC1)c1cncc(F)c1. The van der Waals surface area contributed by atoms with E-state index in [4.69, 9.17) is 0 Å². The van der Waals surface area contributed by atoms with E-state index in [9.17, 15) is 14.3 Å². The van der Waals surface area contributed by atoms with Crippen molar-refractivity contribution in [1.29, 1.82) is 0 Å². The number of amides is 1. The van der Waals surface area contributed by atoms with Gasteiger partial charge in [0, 0.05) is 6.20 Å². The second-order valence-corrected chi connectivity index (χ2v) is 4.85. The Labute approximate surface area is 105 Å². The number of aromatic nitrogens is 1. The van der Waals surface area contributed by atoms with Gasteiger partial charge in [-0.2, -0.15) is 0 Å². The first-order valence-corrected chi connectivity index (χ1v) is 6.19. The highest BCUT2D eigenvalue weighted by atomic mass is 19.1. The minimum absolute atomic E-state index is 0.0819. The summed E-state index contributed by atoms with van der Waals surface area (Å²) in [6.45, 7) is -0.0819. The zero-order valence-electron chi connectivity index (χ0n) is 10.2. The van der Waals surface area contributed by atoms with Crippen molar-refractivity contribution < 1.29 is 14.3 Å². The number of hydrogen-bond donors (Lipinski definition) is 2. The van der Waals surface area contributed by atoms with Gasteiger partial charge in [-0.3, -0.25) is 9.78 Å². The maximum atomic E-state index is 13.0. The highest BCUT2D eigenvalue weighted by molar-refractivity contribution is 5.94. The number of carbonyl (C=O) groups excluding carboxylic acids is 1. The quantitative estimate of drug-likeness (QED) is 0.859. The van der Waals surface area contributed by atoms with E-state index in [1.165, 1.54) is 6.20 Å². The molecule has 1 fully saturated rings. The summed E-state index contributed by atoms with van der Waals surface area (Å²) in [5.74, 6) is -0.915. The Morgan fingerprint density at radius 1 is 1.39 bits per heavy atom. The number of hydrogen-bond acceptors (Lipinski definition) is 3. The second-order valence-electron chi connectivity index (χ2n) is 4.85. The van der Waals surface area contributed by atoms with Crippen molar-refractivity contribution in [2.24, 2.45) is 0 Å². The molecule has 18 heavy (non-hydrogen) atoms. The van der Waals surface area contributed by atoms with Crippen molar-refractivity contribution in [2.75, 3.05) is 6.61 Å². The van der Waals surface area contributed by atoms with Gasteiger partial charge in [-0.25, -0.2) is 4.39 Å². The molecular weight excluding hydrogens is 235 g/mol. The fourth-order valence-electron chi connectivity index (χ4n) is 2.40. The van der Waals surface area contributed by atoms with Gasteiger partial charge < -0.3 is 10.4 Å². The van der Waals surface area contributed by atoms with Crippen LogP contribution in [0.3, 0.4) is 0 Å². The zero-order chi connectivity index (χ0) is 13.0. The van der Waals surface area contributed by atoms with Gasteiger partial charge >= 0.3 is 0 Å². The van der Waals surface area contributed by atoms with Gasteiger partial charge in [0.15, 0.2) is 0 Å². The molecule has 0 saturated heterocycles. The van der Waals surface area contributed by atoms with Crippen molar-refractivity contribution in [1.82, 2.24) is 10.3 Å². The van der Waals surface area contributed by atoms with Crippen LogP contribution in [0.2, 0.25) is 0 Å². The molecule has 1 aromatic rings. The van der Waals surface area contributed by atoms with E-state index in [0.717, 1.165) is 44.4 Å². The summed E-state index contributed by atoms with van der Waals surface area (Å²) >= 11 is 0. The Hall–Kier alpha value is -1.49. The summed E-state index contributed by atoms with van der Waals surface area (Å²) in [6.07, 6.45) is 7.01. The lowest BCUT2D eigenvalue weighted by atomic mass is 9.82. The first kappa shape index (κ1) is 13.0. The van der Waals surface area contributed by atoms with Crippen LogP contribution in [-0.2, 0) is 0 Å². The highest BCUT2D eigenvalue weighted by Gasteiger charge is 2.33. The number of carbonyl (C=O) groups is 1. The lowest BCUT2D eigenvalue weighted by Crippen LogP contribution is -2.52. The summed E-state index contributed by atoms with van der Waals surface area (Å²) in [6, 6.07) is 1.15. The van der Waals surface area contributed by atoms with Crippen LogP contribution in [0.5, 0.6) is 0 Å². The molecule has 2 N–H and O–H groups in total. The third kappa shape index (κ3) is 2.85. The van der Waals surface area contributed by atoms with Gasteiger partial charge in [-0.15, -0.1) is 0 Å². The number of aliphatic hydroxyl groups excluding tert-OH is 1. The predicted octanol–water partition coefficient (Wildman–Crippen LogP) is 1.65. The van der Waals surface area contributed by atoms with E-state index in [1.54, 1.807) is 0 Å². The lowest BCUT2D eigenvalue weighted by Gasteiger charge is -2.36. The first-order valence-electron chi connectivity index (χ1n) is 6.19. The molecule has 0 bridgehead atoms. The molecule has 2 rings (SSSR count). The van der Waals surface area contributed by atoms with Crippen LogP contribution in [0, 0.1) is 5.82 Å². The summed E-state index contributed by atoms with van der Waals surface area (Å²) in [7, 11) is 0. The number of halogens is 1. The monoisotopic (exact) mass is 252 g/mol. The molecule has 4 nitrogen and oxygen atoms in total. The molecule has 1 aliphatic carbocycles. The van der Waals surface area contributed by atoms with E-state index >= 15 is 0 Å². The van der Waals surface area contributed by atoms with Crippen LogP contribution in [0.4, 0.5) is 4.39 Å². The molecule has 1 saturated carbocycles. The number of aliphatic hydroxyl groups is 1. The first-order chi connectivity index (χ1) is 8.65. The topological polar surface area (TPSA) is 62.2 Å². The maximum Gasteiger partial charge on any atom is 0.253 e. The lowest BCUT2D eigenvalue weighted by molar-refractivity contribution is 0.0758. The Morgan fingerprint density at radius 2 is 2.11 bits per heavy atom. The van der Waals surface area contributed by atoms with E-state index in [2.05, 4.69) is 10.3 Å². The fourth-order valence-corrected chi connectivity index (χ4v) is 2.40. The van der Waals surface area contributed by atoms with Gasteiger partial charge in [-0.1, -0.05) is 19.3 Å². The number of nitrogens with zero attached hydrogens (tertiary/aromatic N) is 1. The van der Waals surface area contributed by atoms with Crippen molar-refractivity contribution in [2.45, 2.75) is 37.6 Å². The van der Waals surface area contributed by atoms with E-state index in [1.807, 2.05) is 0 Å². The molecule has 1 aliphatic rings. The number of rotatable bonds is 3. The molecule has 1 aromatic heterocycles. The van der Waals surface area contributed by atoms with Crippen LogP contribution in [0.1, 0.15) is 42.5 Å². The zero-order valence-corrected chi connectivity index (χ0v) is 10.2. The van der Waals surface area contributed by atoms with Gasteiger partial charge in [0.05, 0.1) is 23.9 Å². The van der Waals surface area contributed by atoms with Crippen molar-refractivity contribution in [3.05, 3.63) is 29.8 Å². The van der Waals surface area contributed by atoms with E-state index in [-0.39, 0.29) is 18.1 Å². The molecule has 0 radical (unpaired) electrons. The Bertz CT molecular complexity index is 431. The number of pyridine rings is 1. The molecule has 0 aromatic carbocycles. The standard InChI is InChI=1S/C13H17FN2O2/c14-11-6-10(7-15-8-11)12(18)16-13(9-17)4-2-1-3-5-13/h6-8,17H,1-5,9H2,(H,16,18). The minimum Gasteiger partial charge on any atom is -0.394 e. The highest BCUT2D eigenvalue weighted by Crippen LogP contribution is 2.28. The Kier molecular flexibility index (Phi) is 3.91. The third-order valence-corrected chi connectivity index (χ3v) is 3.46. The molecule has 0 spiro atoms. The van der Waals surface area contributed by atoms with Gasteiger partial charge in [-0.05, 0) is 18.9 Å². The molecule has 1 amide bonds. The van der Waals surface area contributed by atoms with Crippen molar-refractivity contribution in [3.63, 3.8) is 0 Å². The van der Waals surface area contributed by atoms with Crippen molar-refractivity contribution >= 4 is 5.91 Å². The summed E-state index contributed by atoms with van der Waals surface area (Å²) in [5, 5.41) is 12.3. The molecule has 0 atom stereocenters.